The molecule has 1 fully saturated rings. The molecular weight excluding hydrogens is 444 g/mol. The summed E-state index contributed by atoms with van der Waals surface area (Å²) in [5, 5.41) is 3.74. The predicted octanol–water partition coefficient (Wildman–Crippen LogP) is 5.61. The summed E-state index contributed by atoms with van der Waals surface area (Å²) in [6, 6.07) is 3.45. The second-order valence-electron chi connectivity index (χ2n) is 8.06. The molecule has 0 bridgehead atoms. The first-order chi connectivity index (χ1) is 15.9. The summed E-state index contributed by atoms with van der Waals surface area (Å²) < 4.78 is 26.7. The van der Waals surface area contributed by atoms with Gasteiger partial charge in [-0.2, -0.15) is 0 Å². The van der Waals surface area contributed by atoms with Gasteiger partial charge in [-0.15, -0.1) is 0 Å². The van der Waals surface area contributed by atoms with Gasteiger partial charge in [0.05, 0.1) is 11.6 Å². The lowest BCUT2D eigenvalue weighted by molar-refractivity contribution is -0.131. The first kappa shape index (κ1) is 27.1. The zero-order valence-electron chi connectivity index (χ0n) is 20.1. The highest BCUT2D eigenvalue weighted by Gasteiger charge is 2.23. The minimum Gasteiger partial charge on any atom is -0.370 e. The van der Waals surface area contributed by atoms with Crippen molar-refractivity contribution in [2.45, 2.75) is 47.1 Å². The first-order valence-electron chi connectivity index (χ1n) is 11.8. The van der Waals surface area contributed by atoms with E-state index in [-0.39, 0.29) is 19.0 Å². The van der Waals surface area contributed by atoms with Crippen molar-refractivity contribution in [3.05, 3.63) is 69.9 Å². The van der Waals surface area contributed by atoms with Gasteiger partial charge in [-0.3, -0.25) is 4.79 Å². The van der Waals surface area contributed by atoms with Crippen LogP contribution in [0.4, 0.5) is 8.78 Å². The number of carbonyl (C=O) groups excluding carboxylic acids is 1. The van der Waals surface area contributed by atoms with Gasteiger partial charge >= 0.3 is 0 Å². The SMILES string of the molecule is CC.CC[C@H](C)C1=CC(Cl)=C(N2CCN(C(=O)CNCc3ccc(F)cc3F)CC2)CC=C1. The number of allylic oxidation sites excluding steroid dienone is 5. The Bertz CT molecular complexity index is 890. The van der Waals surface area contributed by atoms with Crippen LogP contribution in [-0.4, -0.2) is 48.4 Å². The summed E-state index contributed by atoms with van der Waals surface area (Å²) in [6.07, 6.45) is 8.26. The number of nitrogens with one attached hydrogen (secondary N) is 1. The molecule has 1 atom stereocenters. The molecule has 4 nitrogen and oxygen atoms in total. The highest BCUT2D eigenvalue weighted by atomic mass is 35.5. The summed E-state index contributed by atoms with van der Waals surface area (Å²) in [7, 11) is 0. The van der Waals surface area contributed by atoms with E-state index < -0.39 is 11.6 Å². The Morgan fingerprint density at radius 2 is 1.88 bits per heavy atom. The molecule has 1 aliphatic carbocycles. The molecule has 33 heavy (non-hydrogen) atoms. The van der Waals surface area contributed by atoms with Crippen LogP contribution in [0.2, 0.25) is 0 Å². The average molecular weight is 480 g/mol. The summed E-state index contributed by atoms with van der Waals surface area (Å²) in [6.45, 7) is 11.4. The number of amides is 1. The molecular formula is C26H36ClF2N3O. The second-order valence-corrected chi connectivity index (χ2v) is 8.47. The lowest BCUT2D eigenvalue weighted by atomic mass is 9.98. The van der Waals surface area contributed by atoms with Gasteiger partial charge in [-0.1, -0.05) is 57.5 Å². The van der Waals surface area contributed by atoms with E-state index in [9.17, 15) is 13.6 Å². The quantitative estimate of drug-likeness (QED) is 0.552. The lowest BCUT2D eigenvalue weighted by Gasteiger charge is -2.37. The van der Waals surface area contributed by atoms with Crippen LogP contribution in [0.5, 0.6) is 0 Å². The molecule has 1 aromatic rings. The number of hydrogen-bond acceptors (Lipinski definition) is 3. The summed E-state index contributed by atoms with van der Waals surface area (Å²) >= 11 is 6.64. The van der Waals surface area contributed by atoms with Crippen LogP contribution in [0.25, 0.3) is 0 Å². The number of hydrogen-bond donors (Lipinski definition) is 1. The fourth-order valence-electron chi connectivity index (χ4n) is 3.81. The van der Waals surface area contributed by atoms with Gasteiger partial charge in [0.2, 0.25) is 5.91 Å². The fraction of sp³-hybridized carbons (Fsp3) is 0.500. The van der Waals surface area contributed by atoms with Crippen LogP contribution >= 0.6 is 11.6 Å². The van der Waals surface area contributed by atoms with Crippen LogP contribution in [-0.2, 0) is 11.3 Å². The third kappa shape index (κ3) is 7.68. The van der Waals surface area contributed by atoms with Crippen molar-refractivity contribution >= 4 is 17.5 Å². The molecule has 182 valence electrons. The van der Waals surface area contributed by atoms with Crippen LogP contribution in [0.3, 0.4) is 0 Å². The third-order valence-electron chi connectivity index (χ3n) is 5.99. The lowest BCUT2D eigenvalue weighted by Crippen LogP contribution is -2.50. The van der Waals surface area contributed by atoms with Crippen molar-refractivity contribution in [3.8, 4) is 0 Å². The van der Waals surface area contributed by atoms with Gasteiger partial charge in [-0.25, -0.2) is 8.78 Å². The number of piperazine rings is 1. The topological polar surface area (TPSA) is 35.6 Å². The maximum atomic E-state index is 13.7. The molecule has 1 saturated heterocycles. The van der Waals surface area contributed by atoms with Gasteiger partial charge in [0.1, 0.15) is 11.6 Å². The first-order valence-corrected chi connectivity index (χ1v) is 12.2. The van der Waals surface area contributed by atoms with Crippen molar-refractivity contribution in [2.24, 2.45) is 5.92 Å². The number of rotatable bonds is 7. The largest absolute Gasteiger partial charge is 0.370 e. The summed E-state index contributed by atoms with van der Waals surface area (Å²) in [4.78, 5) is 16.6. The zero-order valence-corrected chi connectivity index (χ0v) is 20.9. The molecule has 0 saturated carbocycles. The predicted molar refractivity (Wildman–Crippen MR) is 132 cm³/mol. The Morgan fingerprint density at radius 3 is 2.52 bits per heavy atom. The van der Waals surface area contributed by atoms with E-state index in [1.807, 2.05) is 18.7 Å². The van der Waals surface area contributed by atoms with Crippen molar-refractivity contribution in [3.63, 3.8) is 0 Å². The van der Waals surface area contributed by atoms with Crippen molar-refractivity contribution in [1.82, 2.24) is 15.1 Å². The number of carbonyl (C=O) groups is 1. The smallest absolute Gasteiger partial charge is 0.236 e. The van der Waals surface area contributed by atoms with E-state index in [2.05, 4.69) is 42.3 Å². The molecule has 1 amide bonds. The van der Waals surface area contributed by atoms with Crippen LogP contribution < -0.4 is 5.32 Å². The Balaban J connectivity index is 0.00000187. The van der Waals surface area contributed by atoms with E-state index in [0.717, 1.165) is 42.7 Å². The van der Waals surface area contributed by atoms with E-state index in [4.69, 9.17) is 11.6 Å². The number of benzene rings is 1. The van der Waals surface area contributed by atoms with Gasteiger partial charge in [-0.05, 0) is 30.1 Å². The van der Waals surface area contributed by atoms with E-state index in [1.54, 1.807) is 0 Å². The molecule has 7 heteroatoms. The van der Waals surface area contributed by atoms with Crippen molar-refractivity contribution in [1.29, 1.82) is 0 Å². The molecule has 1 heterocycles. The Labute approximate surface area is 202 Å². The maximum absolute atomic E-state index is 13.7. The highest BCUT2D eigenvalue weighted by molar-refractivity contribution is 6.31. The van der Waals surface area contributed by atoms with E-state index >= 15 is 0 Å². The minimum absolute atomic E-state index is 0.0260. The Morgan fingerprint density at radius 1 is 1.18 bits per heavy atom. The number of nitrogens with zero attached hydrogens (tertiary/aromatic N) is 2. The molecule has 1 N–H and O–H groups in total. The maximum Gasteiger partial charge on any atom is 0.236 e. The van der Waals surface area contributed by atoms with Crippen LogP contribution in [0, 0.1) is 17.6 Å². The molecule has 2 aliphatic rings. The van der Waals surface area contributed by atoms with Crippen molar-refractivity contribution in [2.75, 3.05) is 32.7 Å². The van der Waals surface area contributed by atoms with E-state index in [1.165, 1.54) is 17.7 Å². The molecule has 0 aromatic heterocycles. The van der Waals surface area contributed by atoms with Gasteiger partial charge in [0, 0.05) is 56.5 Å². The molecule has 0 spiro atoms. The van der Waals surface area contributed by atoms with Crippen LogP contribution in [0.1, 0.15) is 46.1 Å². The Hall–Kier alpha value is -2.18. The third-order valence-corrected chi connectivity index (χ3v) is 6.32. The van der Waals surface area contributed by atoms with Gasteiger partial charge < -0.3 is 15.1 Å². The molecule has 1 aliphatic heterocycles. The van der Waals surface area contributed by atoms with E-state index in [0.29, 0.717) is 24.6 Å². The molecule has 0 radical (unpaired) electrons. The van der Waals surface area contributed by atoms with Crippen molar-refractivity contribution < 1.29 is 13.6 Å². The monoisotopic (exact) mass is 479 g/mol. The van der Waals surface area contributed by atoms with Crippen LogP contribution in [0.15, 0.2) is 52.7 Å². The number of halogens is 3. The second kappa shape index (κ2) is 13.5. The standard InChI is InChI=1S/C24H30ClF2N3O.C2H6/c1-3-17(2)18-5-4-6-23(21(25)13-18)29-9-11-30(12-10-29)24(31)16-28-15-19-7-8-20(26)14-22(19)27;1-2/h4-5,7-8,13-14,17,28H,3,6,9-12,15-16H2,1-2H3;1-2H3/t17-;/m0./s1. The average Bonchev–Trinajstić information content (AvgIpc) is 3.02. The summed E-state index contributed by atoms with van der Waals surface area (Å²) in [5.74, 6) is -0.778. The molecule has 0 unspecified atom stereocenters. The fourth-order valence-corrected chi connectivity index (χ4v) is 4.13. The summed E-state index contributed by atoms with van der Waals surface area (Å²) in [5.41, 5.74) is 2.69. The molecule has 3 rings (SSSR count). The van der Waals surface area contributed by atoms with Gasteiger partial charge in [0.25, 0.3) is 0 Å². The van der Waals surface area contributed by atoms with Gasteiger partial charge in [0.15, 0.2) is 0 Å². The highest BCUT2D eigenvalue weighted by Crippen LogP contribution is 2.28. The zero-order chi connectivity index (χ0) is 24.4. The minimum atomic E-state index is -0.610. The normalized spacial score (nSPS) is 17.2. The molecule has 1 aromatic carbocycles. The Kier molecular flexibility index (Phi) is 11.1.